The van der Waals surface area contributed by atoms with Crippen LogP contribution in [-0.4, -0.2) is 37.4 Å². The summed E-state index contributed by atoms with van der Waals surface area (Å²) in [6, 6.07) is 19.2. The Hall–Kier alpha value is -4.46. The molecule has 0 radical (unpaired) electrons. The second kappa shape index (κ2) is 8.73. The Kier molecular flexibility index (Phi) is 5.67. The van der Waals surface area contributed by atoms with Gasteiger partial charge >= 0.3 is 5.97 Å². The van der Waals surface area contributed by atoms with E-state index in [1.54, 1.807) is 48.5 Å². The molecule has 1 aliphatic rings. The van der Waals surface area contributed by atoms with E-state index in [0.717, 1.165) is 4.90 Å². The highest BCUT2D eigenvalue weighted by Crippen LogP contribution is 2.28. The first kappa shape index (κ1) is 20.8. The highest BCUT2D eigenvalue weighted by atomic mass is 16.5. The first-order valence-corrected chi connectivity index (χ1v) is 9.67. The summed E-state index contributed by atoms with van der Waals surface area (Å²) >= 11 is 0. The maximum Gasteiger partial charge on any atom is 0.338 e. The molecule has 0 saturated carbocycles. The highest BCUT2D eigenvalue weighted by molar-refractivity contribution is 6.34. The zero-order valence-corrected chi connectivity index (χ0v) is 17.0. The molecule has 1 heterocycles. The third kappa shape index (κ3) is 3.93. The van der Waals surface area contributed by atoms with Gasteiger partial charge in [0.2, 0.25) is 0 Å². The van der Waals surface area contributed by atoms with Crippen LogP contribution >= 0.6 is 0 Å². The predicted octanol–water partition coefficient (Wildman–Crippen LogP) is 3.29. The van der Waals surface area contributed by atoms with E-state index >= 15 is 0 Å². The number of amides is 3. The number of fused-ring (bicyclic) bond motifs is 1. The third-order valence-electron chi connectivity index (χ3n) is 4.87. The fraction of sp³-hybridized carbons (Fsp3) is 0.0833. The minimum Gasteiger partial charge on any atom is -0.495 e. The van der Waals surface area contributed by atoms with Gasteiger partial charge in [0, 0.05) is 0 Å². The average molecular weight is 430 g/mol. The van der Waals surface area contributed by atoms with E-state index in [9.17, 15) is 19.2 Å². The van der Waals surface area contributed by atoms with Crippen molar-refractivity contribution in [1.29, 1.82) is 0 Å². The molecule has 0 spiro atoms. The van der Waals surface area contributed by atoms with Gasteiger partial charge in [-0.3, -0.25) is 14.4 Å². The molecule has 32 heavy (non-hydrogen) atoms. The normalized spacial score (nSPS) is 12.3. The smallest absolute Gasteiger partial charge is 0.338 e. The minimum absolute atomic E-state index is 0.176. The van der Waals surface area contributed by atoms with E-state index in [2.05, 4.69) is 5.32 Å². The van der Waals surface area contributed by atoms with Crippen molar-refractivity contribution in [2.45, 2.75) is 0 Å². The Morgan fingerprint density at radius 1 is 0.844 bits per heavy atom. The van der Waals surface area contributed by atoms with E-state index in [0.29, 0.717) is 28.3 Å². The molecule has 3 amide bonds. The number of rotatable bonds is 6. The van der Waals surface area contributed by atoms with E-state index in [1.165, 1.54) is 31.4 Å². The lowest BCUT2D eigenvalue weighted by Crippen LogP contribution is -2.29. The van der Waals surface area contributed by atoms with Crippen molar-refractivity contribution in [2.24, 2.45) is 0 Å². The Morgan fingerprint density at radius 2 is 1.44 bits per heavy atom. The fourth-order valence-corrected chi connectivity index (χ4v) is 3.32. The summed E-state index contributed by atoms with van der Waals surface area (Å²) in [5, 5.41) is 2.61. The van der Waals surface area contributed by atoms with Crippen molar-refractivity contribution in [2.75, 3.05) is 23.9 Å². The van der Waals surface area contributed by atoms with Crippen LogP contribution in [0.3, 0.4) is 0 Å². The second-order valence-corrected chi connectivity index (χ2v) is 6.86. The zero-order chi connectivity index (χ0) is 22.7. The number of anilines is 2. The number of imide groups is 1. The van der Waals surface area contributed by atoms with Crippen molar-refractivity contribution < 1.29 is 28.7 Å². The third-order valence-corrected chi connectivity index (χ3v) is 4.87. The molecular formula is C24H18N2O6. The minimum atomic E-state index is -0.714. The lowest BCUT2D eigenvalue weighted by Gasteiger charge is -2.14. The number of esters is 1. The molecule has 8 nitrogen and oxygen atoms in total. The van der Waals surface area contributed by atoms with Crippen molar-refractivity contribution in [3.63, 3.8) is 0 Å². The van der Waals surface area contributed by atoms with Gasteiger partial charge in [-0.05, 0) is 48.5 Å². The molecule has 4 rings (SSSR count). The number of hydrogen-bond donors (Lipinski definition) is 1. The van der Waals surface area contributed by atoms with Crippen LogP contribution in [0, 0.1) is 0 Å². The Labute approximate surface area is 183 Å². The molecule has 0 aromatic heterocycles. The summed E-state index contributed by atoms with van der Waals surface area (Å²) in [5.41, 5.74) is 1.64. The first-order valence-electron chi connectivity index (χ1n) is 9.67. The van der Waals surface area contributed by atoms with Gasteiger partial charge in [0.1, 0.15) is 5.75 Å². The van der Waals surface area contributed by atoms with Crippen LogP contribution in [0.4, 0.5) is 11.4 Å². The SMILES string of the molecule is COc1ccccc1NC(=O)COC(=O)c1ccc(N2C(=O)c3ccccc3C2=O)cc1. The number of methoxy groups -OCH3 is 1. The van der Waals surface area contributed by atoms with Crippen LogP contribution in [0.2, 0.25) is 0 Å². The highest BCUT2D eigenvalue weighted by Gasteiger charge is 2.36. The van der Waals surface area contributed by atoms with Crippen LogP contribution in [0.5, 0.6) is 5.75 Å². The lowest BCUT2D eigenvalue weighted by atomic mass is 10.1. The summed E-state index contributed by atoms with van der Waals surface area (Å²) < 4.78 is 10.2. The standard InChI is InChI=1S/C24H18N2O6/c1-31-20-9-5-4-8-19(20)25-21(27)14-32-24(30)15-10-12-16(13-11-15)26-22(28)17-6-2-3-7-18(17)23(26)29/h2-13H,14H2,1H3,(H,25,27). The van der Waals surface area contributed by atoms with Gasteiger partial charge in [-0.1, -0.05) is 24.3 Å². The molecule has 0 unspecified atom stereocenters. The summed E-state index contributed by atoms with van der Waals surface area (Å²) in [4.78, 5) is 50.6. The monoisotopic (exact) mass is 430 g/mol. The molecule has 160 valence electrons. The van der Waals surface area contributed by atoms with Crippen molar-refractivity contribution in [1.82, 2.24) is 0 Å². The van der Waals surface area contributed by atoms with Gasteiger partial charge in [-0.25, -0.2) is 9.69 Å². The first-order chi connectivity index (χ1) is 15.5. The number of hydrogen-bond acceptors (Lipinski definition) is 6. The number of nitrogens with one attached hydrogen (secondary N) is 1. The maximum atomic E-state index is 12.6. The number of carbonyl (C=O) groups excluding carboxylic acids is 4. The molecule has 0 bridgehead atoms. The number of ether oxygens (including phenoxy) is 2. The topological polar surface area (TPSA) is 102 Å². The summed E-state index contributed by atoms with van der Waals surface area (Å²) in [7, 11) is 1.48. The van der Waals surface area contributed by atoms with Gasteiger partial charge in [0.15, 0.2) is 6.61 Å². The van der Waals surface area contributed by atoms with Gasteiger partial charge < -0.3 is 14.8 Å². The van der Waals surface area contributed by atoms with Crippen molar-refractivity contribution >= 4 is 35.1 Å². The molecule has 1 N–H and O–H groups in total. The number of para-hydroxylation sites is 2. The molecule has 0 atom stereocenters. The summed E-state index contributed by atoms with van der Waals surface area (Å²) in [5.74, 6) is -1.60. The molecule has 0 aliphatic carbocycles. The van der Waals surface area contributed by atoms with Crippen molar-refractivity contribution in [3.8, 4) is 5.75 Å². The maximum absolute atomic E-state index is 12.6. The predicted molar refractivity (Wildman–Crippen MR) is 116 cm³/mol. The van der Waals surface area contributed by atoms with E-state index in [4.69, 9.17) is 9.47 Å². The summed E-state index contributed by atoms with van der Waals surface area (Å²) in [6.45, 7) is -0.489. The van der Waals surface area contributed by atoms with Crippen LogP contribution in [0.25, 0.3) is 0 Å². The van der Waals surface area contributed by atoms with Crippen LogP contribution < -0.4 is 15.0 Å². The molecule has 0 saturated heterocycles. The number of benzene rings is 3. The molecule has 3 aromatic rings. The molecule has 1 aliphatic heterocycles. The van der Waals surface area contributed by atoms with Crippen LogP contribution in [0.1, 0.15) is 31.1 Å². The van der Waals surface area contributed by atoms with E-state index < -0.39 is 30.3 Å². The van der Waals surface area contributed by atoms with E-state index in [1.807, 2.05) is 0 Å². The Morgan fingerprint density at radius 3 is 2.06 bits per heavy atom. The van der Waals surface area contributed by atoms with Gasteiger partial charge in [0.25, 0.3) is 17.7 Å². The van der Waals surface area contributed by atoms with Gasteiger partial charge in [0.05, 0.1) is 35.2 Å². The molecule has 8 heteroatoms. The summed E-state index contributed by atoms with van der Waals surface area (Å²) in [6.07, 6.45) is 0. The second-order valence-electron chi connectivity index (χ2n) is 6.86. The van der Waals surface area contributed by atoms with Gasteiger partial charge in [-0.2, -0.15) is 0 Å². The molecule has 3 aromatic carbocycles. The lowest BCUT2D eigenvalue weighted by molar-refractivity contribution is -0.119. The number of carbonyl (C=O) groups is 4. The zero-order valence-electron chi connectivity index (χ0n) is 17.0. The van der Waals surface area contributed by atoms with Crippen molar-refractivity contribution in [3.05, 3.63) is 89.5 Å². The Bertz CT molecular complexity index is 1180. The van der Waals surface area contributed by atoms with E-state index in [-0.39, 0.29) is 5.56 Å². The quantitative estimate of drug-likeness (QED) is 0.476. The fourth-order valence-electron chi connectivity index (χ4n) is 3.32. The largest absolute Gasteiger partial charge is 0.495 e. The van der Waals surface area contributed by atoms with Gasteiger partial charge in [-0.15, -0.1) is 0 Å². The van der Waals surface area contributed by atoms with Crippen LogP contribution in [0.15, 0.2) is 72.8 Å². The molecule has 0 fully saturated rings. The average Bonchev–Trinajstić information content (AvgIpc) is 3.08. The number of nitrogens with zero attached hydrogens (tertiary/aromatic N) is 1. The van der Waals surface area contributed by atoms with Crippen LogP contribution in [-0.2, 0) is 9.53 Å². The molecular weight excluding hydrogens is 412 g/mol. The Balaban J connectivity index is 1.38.